The van der Waals surface area contributed by atoms with Gasteiger partial charge in [0, 0.05) is 29.1 Å². The van der Waals surface area contributed by atoms with Crippen molar-refractivity contribution in [3.8, 4) is 22.8 Å². The average molecular weight is 412 g/mol. The Balaban J connectivity index is 1.57. The molecular weight excluding hydrogens is 386 g/mol. The number of carbonyl (C=O) groups is 1. The highest BCUT2D eigenvalue weighted by atomic mass is 32.1. The number of nitrogens with zero attached hydrogens (tertiary/aromatic N) is 2. The minimum Gasteiger partial charge on any atom is -0.497 e. The lowest BCUT2D eigenvalue weighted by Crippen LogP contribution is -2.29. The van der Waals surface area contributed by atoms with Crippen LogP contribution in [0.25, 0.3) is 11.3 Å². The van der Waals surface area contributed by atoms with Crippen molar-refractivity contribution in [2.24, 2.45) is 0 Å². The molecule has 0 atom stereocenters. The molecule has 1 amide bonds. The molecule has 7 heteroatoms. The zero-order valence-corrected chi connectivity index (χ0v) is 17.9. The number of amides is 1. The standard InChI is InChI=1S/C22H25N3O3S/c1-15-5-7-16(8-6-15)19-14-29-22(23-19)24-21(26)13-25(2)12-17-9-10-18(27-3)11-20(17)28-4/h5-11,14H,12-13H2,1-4H3,(H,23,24,26). The number of hydrogen-bond donors (Lipinski definition) is 1. The Hall–Kier alpha value is -2.90. The normalized spacial score (nSPS) is 10.8. The summed E-state index contributed by atoms with van der Waals surface area (Å²) < 4.78 is 10.6. The maximum Gasteiger partial charge on any atom is 0.240 e. The Kier molecular flexibility index (Phi) is 6.85. The first-order chi connectivity index (χ1) is 14.0. The van der Waals surface area contributed by atoms with E-state index in [9.17, 15) is 4.79 Å². The van der Waals surface area contributed by atoms with Crippen LogP contribution in [0.4, 0.5) is 5.13 Å². The topological polar surface area (TPSA) is 63.7 Å². The molecule has 0 aliphatic carbocycles. The van der Waals surface area contributed by atoms with Gasteiger partial charge in [-0.05, 0) is 20.0 Å². The summed E-state index contributed by atoms with van der Waals surface area (Å²) in [5.41, 5.74) is 4.09. The molecule has 0 radical (unpaired) electrons. The van der Waals surface area contributed by atoms with Crippen LogP contribution in [0.1, 0.15) is 11.1 Å². The number of nitrogens with one attached hydrogen (secondary N) is 1. The molecule has 0 aliphatic heterocycles. The number of hydrogen-bond acceptors (Lipinski definition) is 6. The van der Waals surface area contributed by atoms with E-state index in [1.165, 1.54) is 16.9 Å². The van der Waals surface area contributed by atoms with Crippen LogP contribution in [0.5, 0.6) is 11.5 Å². The van der Waals surface area contributed by atoms with Gasteiger partial charge >= 0.3 is 0 Å². The average Bonchev–Trinajstić information content (AvgIpc) is 3.16. The largest absolute Gasteiger partial charge is 0.497 e. The van der Waals surface area contributed by atoms with Gasteiger partial charge in [-0.3, -0.25) is 9.69 Å². The highest BCUT2D eigenvalue weighted by molar-refractivity contribution is 7.14. The van der Waals surface area contributed by atoms with Gasteiger partial charge in [0.1, 0.15) is 11.5 Å². The van der Waals surface area contributed by atoms with E-state index in [2.05, 4.69) is 29.4 Å². The SMILES string of the molecule is COc1ccc(CN(C)CC(=O)Nc2nc(-c3ccc(C)cc3)cs2)c(OC)c1. The number of aryl methyl sites for hydroxylation is 1. The van der Waals surface area contributed by atoms with Gasteiger partial charge in [-0.25, -0.2) is 4.98 Å². The van der Waals surface area contributed by atoms with E-state index in [1.54, 1.807) is 14.2 Å². The number of rotatable bonds is 8. The Labute approximate surface area is 175 Å². The first-order valence-electron chi connectivity index (χ1n) is 9.20. The minimum atomic E-state index is -0.107. The van der Waals surface area contributed by atoms with Crippen LogP contribution in [-0.2, 0) is 11.3 Å². The molecule has 0 saturated heterocycles. The Morgan fingerprint density at radius 3 is 2.59 bits per heavy atom. The monoisotopic (exact) mass is 411 g/mol. The summed E-state index contributed by atoms with van der Waals surface area (Å²) in [5.74, 6) is 1.36. The van der Waals surface area contributed by atoms with Crippen LogP contribution < -0.4 is 14.8 Å². The number of aromatic nitrogens is 1. The van der Waals surface area contributed by atoms with Crippen molar-refractivity contribution in [1.82, 2.24) is 9.88 Å². The molecule has 2 aromatic carbocycles. The van der Waals surface area contributed by atoms with E-state index < -0.39 is 0 Å². The smallest absolute Gasteiger partial charge is 0.240 e. The van der Waals surface area contributed by atoms with Gasteiger partial charge in [0.25, 0.3) is 0 Å². The summed E-state index contributed by atoms with van der Waals surface area (Å²) in [7, 11) is 5.13. The second-order valence-electron chi connectivity index (χ2n) is 6.80. The maximum atomic E-state index is 12.4. The number of methoxy groups -OCH3 is 2. The van der Waals surface area contributed by atoms with Crippen molar-refractivity contribution in [3.63, 3.8) is 0 Å². The van der Waals surface area contributed by atoms with E-state index in [-0.39, 0.29) is 12.5 Å². The zero-order chi connectivity index (χ0) is 20.8. The minimum absolute atomic E-state index is 0.107. The van der Waals surface area contributed by atoms with Crippen LogP contribution in [0.3, 0.4) is 0 Å². The molecule has 152 valence electrons. The molecule has 1 N–H and O–H groups in total. The maximum absolute atomic E-state index is 12.4. The highest BCUT2D eigenvalue weighted by Crippen LogP contribution is 2.26. The Bertz CT molecular complexity index is 970. The van der Waals surface area contributed by atoms with Crippen LogP contribution in [0.15, 0.2) is 47.8 Å². The van der Waals surface area contributed by atoms with E-state index in [0.29, 0.717) is 11.7 Å². The van der Waals surface area contributed by atoms with Gasteiger partial charge in [-0.2, -0.15) is 0 Å². The van der Waals surface area contributed by atoms with Gasteiger partial charge in [0.2, 0.25) is 5.91 Å². The van der Waals surface area contributed by atoms with Gasteiger partial charge in [-0.15, -0.1) is 11.3 Å². The Morgan fingerprint density at radius 1 is 1.14 bits per heavy atom. The molecule has 1 aromatic heterocycles. The number of anilines is 1. The second-order valence-corrected chi connectivity index (χ2v) is 7.66. The summed E-state index contributed by atoms with van der Waals surface area (Å²) in [6.07, 6.45) is 0. The first kappa shape index (κ1) is 20.8. The molecule has 6 nitrogen and oxygen atoms in total. The van der Waals surface area contributed by atoms with Gasteiger partial charge in [0.05, 0.1) is 26.5 Å². The molecule has 3 rings (SSSR count). The van der Waals surface area contributed by atoms with Gasteiger partial charge in [-0.1, -0.05) is 35.9 Å². The molecule has 0 unspecified atom stereocenters. The van der Waals surface area contributed by atoms with E-state index in [0.717, 1.165) is 28.3 Å². The third kappa shape index (κ3) is 5.56. The van der Waals surface area contributed by atoms with Crippen LogP contribution in [0, 0.1) is 6.92 Å². The summed E-state index contributed by atoms with van der Waals surface area (Å²) in [4.78, 5) is 18.9. The van der Waals surface area contributed by atoms with Crippen molar-refractivity contribution in [3.05, 3.63) is 59.0 Å². The molecule has 1 heterocycles. The number of benzene rings is 2. The predicted octanol–water partition coefficient (Wildman–Crippen LogP) is 4.21. The van der Waals surface area contributed by atoms with Crippen molar-refractivity contribution >= 4 is 22.4 Å². The van der Waals surface area contributed by atoms with E-state index >= 15 is 0 Å². The molecule has 0 saturated carbocycles. The van der Waals surface area contributed by atoms with Crippen LogP contribution in [-0.4, -0.2) is 43.6 Å². The number of likely N-dealkylation sites (N-methyl/N-ethyl adjacent to an activating group) is 1. The highest BCUT2D eigenvalue weighted by Gasteiger charge is 2.13. The third-order valence-electron chi connectivity index (χ3n) is 4.45. The Morgan fingerprint density at radius 2 is 1.90 bits per heavy atom. The van der Waals surface area contributed by atoms with Crippen molar-refractivity contribution in [2.75, 3.05) is 33.1 Å². The molecule has 29 heavy (non-hydrogen) atoms. The number of ether oxygens (including phenoxy) is 2. The molecule has 0 spiro atoms. The summed E-state index contributed by atoms with van der Waals surface area (Å²) >= 11 is 1.42. The fourth-order valence-corrected chi connectivity index (χ4v) is 3.66. The molecule has 0 aliphatic rings. The molecular formula is C22H25N3O3S. The van der Waals surface area contributed by atoms with Crippen LogP contribution in [0.2, 0.25) is 0 Å². The molecule has 3 aromatic rings. The lowest BCUT2D eigenvalue weighted by atomic mass is 10.1. The summed E-state index contributed by atoms with van der Waals surface area (Å²) in [5, 5.41) is 5.43. The fraction of sp³-hybridized carbons (Fsp3) is 0.273. The molecule has 0 fully saturated rings. The van der Waals surface area contributed by atoms with E-state index in [4.69, 9.17) is 9.47 Å². The van der Waals surface area contributed by atoms with E-state index in [1.807, 2.05) is 47.7 Å². The van der Waals surface area contributed by atoms with Crippen LogP contribution >= 0.6 is 11.3 Å². The second kappa shape index (κ2) is 9.54. The van der Waals surface area contributed by atoms with Crippen molar-refractivity contribution < 1.29 is 14.3 Å². The fourth-order valence-electron chi connectivity index (χ4n) is 2.92. The van der Waals surface area contributed by atoms with Gasteiger partial charge in [0.15, 0.2) is 5.13 Å². The molecule has 0 bridgehead atoms. The quantitative estimate of drug-likeness (QED) is 0.602. The lowest BCUT2D eigenvalue weighted by Gasteiger charge is -2.18. The van der Waals surface area contributed by atoms with Crippen molar-refractivity contribution in [1.29, 1.82) is 0 Å². The first-order valence-corrected chi connectivity index (χ1v) is 10.1. The third-order valence-corrected chi connectivity index (χ3v) is 5.20. The lowest BCUT2D eigenvalue weighted by molar-refractivity contribution is -0.117. The zero-order valence-electron chi connectivity index (χ0n) is 17.1. The van der Waals surface area contributed by atoms with Gasteiger partial charge < -0.3 is 14.8 Å². The summed E-state index contributed by atoms with van der Waals surface area (Å²) in [6, 6.07) is 13.8. The number of thiazole rings is 1. The number of carbonyl (C=O) groups excluding carboxylic acids is 1. The van der Waals surface area contributed by atoms with Crippen molar-refractivity contribution in [2.45, 2.75) is 13.5 Å². The predicted molar refractivity (Wildman–Crippen MR) is 117 cm³/mol. The summed E-state index contributed by atoms with van der Waals surface area (Å²) in [6.45, 7) is 2.87.